The van der Waals surface area contributed by atoms with Crippen LogP contribution >= 0.6 is 0 Å². The molecule has 0 aliphatic heterocycles. The van der Waals surface area contributed by atoms with E-state index >= 15 is 0 Å². The molecule has 29 heavy (non-hydrogen) atoms. The first-order chi connectivity index (χ1) is 14.0. The molecule has 0 saturated carbocycles. The van der Waals surface area contributed by atoms with Gasteiger partial charge in [0, 0.05) is 26.0 Å². The second kappa shape index (κ2) is 9.55. The Morgan fingerprint density at radius 3 is 2.10 bits per heavy atom. The van der Waals surface area contributed by atoms with Gasteiger partial charge in [0.05, 0.1) is 17.9 Å². The van der Waals surface area contributed by atoms with Crippen molar-refractivity contribution < 1.29 is 14.3 Å². The van der Waals surface area contributed by atoms with E-state index in [9.17, 15) is 4.79 Å². The summed E-state index contributed by atoms with van der Waals surface area (Å²) in [4.78, 5) is 18.8. The maximum atomic E-state index is 12.3. The largest absolute Gasteiger partial charge is 0.494 e. The zero-order valence-electron chi connectivity index (χ0n) is 16.8. The molecule has 0 fully saturated rings. The van der Waals surface area contributed by atoms with Crippen LogP contribution in [0, 0.1) is 0 Å². The molecule has 0 bridgehead atoms. The molecular weight excluding hydrogens is 364 g/mol. The SMILES string of the molecule is CCOc1ccc(C(=O)Oc2ccc(N=Cc3ccc(N(C)C)cc3)cc2)cc1. The summed E-state index contributed by atoms with van der Waals surface area (Å²) in [5.41, 5.74) is 3.40. The number of aliphatic imine (C=N–C) groups is 1. The number of carbonyl (C=O) groups excluding carboxylic acids is 1. The minimum atomic E-state index is -0.412. The molecular formula is C24H24N2O3. The Morgan fingerprint density at radius 2 is 1.52 bits per heavy atom. The van der Waals surface area contributed by atoms with Gasteiger partial charge in [-0.2, -0.15) is 0 Å². The highest BCUT2D eigenvalue weighted by Crippen LogP contribution is 2.20. The molecule has 0 unspecified atom stereocenters. The van der Waals surface area contributed by atoms with Crippen molar-refractivity contribution in [1.82, 2.24) is 0 Å². The van der Waals surface area contributed by atoms with Gasteiger partial charge in [-0.15, -0.1) is 0 Å². The number of ether oxygens (including phenoxy) is 2. The van der Waals surface area contributed by atoms with Crippen molar-refractivity contribution in [3.05, 3.63) is 83.9 Å². The summed E-state index contributed by atoms with van der Waals surface area (Å²) < 4.78 is 10.8. The quantitative estimate of drug-likeness (QED) is 0.320. The molecule has 5 nitrogen and oxygen atoms in total. The molecule has 0 heterocycles. The second-order valence-electron chi connectivity index (χ2n) is 6.58. The van der Waals surface area contributed by atoms with Crippen LogP contribution in [0.15, 0.2) is 77.8 Å². The standard InChI is InChI=1S/C24H24N2O3/c1-4-28-22-13-7-19(8-14-22)24(27)29-23-15-9-20(10-16-23)25-17-18-5-11-21(12-6-18)26(2)3/h5-17H,4H2,1-3H3. The van der Waals surface area contributed by atoms with Crippen LogP contribution in [-0.2, 0) is 0 Å². The van der Waals surface area contributed by atoms with Crippen molar-refractivity contribution in [1.29, 1.82) is 0 Å². The highest BCUT2D eigenvalue weighted by atomic mass is 16.5. The van der Waals surface area contributed by atoms with E-state index in [0.717, 1.165) is 22.7 Å². The van der Waals surface area contributed by atoms with Crippen molar-refractivity contribution >= 4 is 23.6 Å². The summed E-state index contributed by atoms with van der Waals surface area (Å²) >= 11 is 0. The van der Waals surface area contributed by atoms with Crippen LogP contribution in [-0.4, -0.2) is 32.9 Å². The summed E-state index contributed by atoms with van der Waals surface area (Å²) in [6.07, 6.45) is 1.81. The zero-order valence-corrected chi connectivity index (χ0v) is 16.8. The Bertz CT molecular complexity index is 961. The smallest absolute Gasteiger partial charge is 0.343 e. The van der Waals surface area contributed by atoms with Crippen LogP contribution in [0.5, 0.6) is 11.5 Å². The summed E-state index contributed by atoms with van der Waals surface area (Å²) in [5, 5.41) is 0. The van der Waals surface area contributed by atoms with Crippen molar-refractivity contribution in [2.45, 2.75) is 6.92 Å². The van der Waals surface area contributed by atoms with E-state index in [0.29, 0.717) is 17.9 Å². The second-order valence-corrected chi connectivity index (χ2v) is 6.58. The van der Waals surface area contributed by atoms with E-state index in [1.807, 2.05) is 62.3 Å². The fourth-order valence-corrected chi connectivity index (χ4v) is 2.63. The number of carbonyl (C=O) groups is 1. The Hall–Kier alpha value is -3.60. The lowest BCUT2D eigenvalue weighted by molar-refractivity contribution is 0.0734. The summed E-state index contributed by atoms with van der Waals surface area (Å²) in [7, 11) is 4.01. The molecule has 3 rings (SSSR count). The third-order valence-electron chi connectivity index (χ3n) is 4.22. The average molecular weight is 388 g/mol. The number of anilines is 1. The minimum Gasteiger partial charge on any atom is -0.494 e. The van der Waals surface area contributed by atoms with Crippen molar-refractivity contribution in [2.24, 2.45) is 4.99 Å². The third-order valence-corrected chi connectivity index (χ3v) is 4.22. The first-order valence-corrected chi connectivity index (χ1v) is 9.41. The van der Waals surface area contributed by atoms with Gasteiger partial charge in [-0.05, 0) is 73.2 Å². The van der Waals surface area contributed by atoms with Crippen LogP contribution in [0.3, 0.4) is 0 Å². The van der Waals surface area contributed by atoms with E-state index in [4.69, 9.17) is 9.47 Å². The Morgan fingerprint density at radius 1 is 0.897 bits per heavy atom. The number of esters is 1. The molecule has 3 aromatic carbocycles. The van der Waals surface area contributed by atoms with Gasteiger partial charge in [-0.3, -0.25) is 4.99 Å². The van der Waals surface area contributed by atoms with Crippen LogP contribution in [0.25, 0.3) is 0 Å². The first kappa shape index (κ1) is 20.1. The van der Waals surface area contributed by atoms with Gasteiger partial charge in [0.25, 0.3) is 0 Å². The van der Waals surface area contributed by atoms with E-state index < -0.39 is 5.97 Å². The lowest BCUT2D eigenvalue weighted by Gasteiger charge is -2.11. The van der Waals surface area contributed by atoms with Gasteiger partial charge >= 0.3 is 5.97 Å². The van der Waals surface area contributed by atoms with Gasteiger partial charge in [-0.1, -0.05) is 12.1 Å². The first-order valence-electron chi connectivity index (χ1n) is 9.41. The zero-order chi connectivity index (χ0) is 20.6. The number of benzene rings is 3. The lowest BCUT2D eigenvalue weighted by Crippen LogP contribution is -2.08. The molecule has 5 heteroatoms. The molecule has 0 atom stereocenters. The molecule has 0 aliphatic rings. The predicted octanol–water partition coefficient (Wildman–Crippen LogP) is 5.12. The van der Waals surface area contributed by atoms with E-state index in [2.05, 4.69) is 4.99 Å². The van der Waals surface area contributed by atoms with Gasteiger partial charge < -0.3 is 14.4 Å². The Kier molecular flexibility index (Phi) is 6.63. The fourth-order valence-electron chi connectivity index (χ4n) is 2.63. The summed E-state index contributed by atoms with van der Waals surface area (Å²) in [6, 6.07) is 22.1. The number of hydrogen-bond acceptors (Lipinski definition) is 5. The molecule has 0 amide bonds. The molecule has 3 aromatic rings. The number of hydrogen-bond donors (Lipinski definition) is 0. The average Bonchev–Trinajstić information content (AvgIpc) is 2.74. The van der Waals surface area contributed by atoms with Gasteiger partial charge in [0.1, 0.15) is 11.5 Å². The molecule has 0 aromatic heterocycles. The summed E-state index contributed by atoms with van der Waals surface area (Å²) in [5.74, 6) is 0.783. The molecule has 0 N–H and O–H groups in total. The Labute approximate surface area is 171 Å². The fraction of sp³-hybridized carbons (Fsp3) is 0.167. The normalized spacial score (nSPS) is 10.7. The number of rotatable bonds is 7. The summed E-state index contributed by atoms with van der Waals surface area (Å²) in [6.45, 7) is 2.50. The monoisotopic (exact) mass is 388 g/mol. The van der Waals surface area contributed by atoms with E-state index in [1.165, 1.54) is 0 Å². The molecule has 148 valence electrons. The van der Waals surface area contributed by atoms with Gasteiger partial charge in [0.2, 0.25) is 0 Å². The van der Waals surface area contributed by atoms with E-state index in [1.54, 1.807) is 42.6 Å². The maximum absolute atomic E-state index is 12.3. The van der Waals surface area contributed by atoms with E-state index in [-0.39, 0.29) is 0 Å². The highest BCUT2D eigenvalue weighted by Gasteiger charge is 2.08. The van der Waals surface area contributed by atoms with Crippen LogP contribution in [0.2, 0.25) is 0 Å². The van der Waals surface area contributed by atoms with Gasteiger partial charge in [-0.25, -0.2) is 4.79 Å². The third kappa shape index (κ3) is 5.69. The van der Waals surface area contributed by atoms with Crippen LogP contribution in [0.1, 0.15) is 22.8 Å². The molecule has 0 saturated heterocycles. The molecule has 0 radical (unpaired) electrons. The van der Waals surface area contributed by atoms with Crippen molar-refractivity contribution in [3.63, 3.8) is 0 Å². The number of nitrogens with zero attached hydrogens (tertiary/aromatic N) is 2. The van der Waals surface area contributed by atoms with Crippen molar-refractivity contribution in [2.75, 3.05) is 25.6 Å². The highest BCUT2D eigenvalue weighted by molar-refractivity contribution is 5.91. The predicted molar refractivity (Wildman–Crippen MR) is 117 cm³/mol. The molecule has 0 spiro atoms. The lowest BCUT2D eigenvalue weighted by atomic mass is 10.2. The topological polar surface area (TPSA) is 51.1 Å². The maximum Gasteiger partial charge on any atom is 0.343 e. The molecule has 0 aliphatic carbocycles. The minimum absolute atomic E-state index is 0.412. The van der Waals surface area contributed by atoms with Crippen LogP contribution < -0.4 is 14.4 Å². The van der Waals surface area contributed by atoms with Crippen LogP contribution in [0.4, 0.5) is 11.4 Å². The Balaban J connectivity index is 1.60. The van der Waals surface area contributed by atoms with Crippen molar-refractivity contribution in [3.8, 4) is 11.5 Å². The van der Waals surface area contributed by atoms with Gasteiger partial charge in [0.15, 0.2) is 0 Å².